The summed E-state index contributed by atoms with van der Waals surface area (Å²) in [6.07, 6.45) is 23.1. The van der Waals surface area contributed by atoms with E-state index in [-0.39, 0.29) is 0 Å². The van der Waals surface area contributed by atoms with Crippen LogP contribution < -0.4 is 0 Å². The minimum absolute atomic E-state index is 0.479. The largest absolute Gasteiger partial charge is 0.269 e. The molecule has 0 saturated carbocycles. The van der Waals surface area contributed by atoms with Crippen LogP contribution in [0.1, 0.15) is 143 Å². The highest BCUT2D eigenvalue weighted by molar-refractivity contribution is 4.99. The van der Waals surface area contributed by atoms with Gasteiger partial charge in [-0.1, -0.05) is 130 Å². The molecule has 0 fully saturated rings. The lowest BCUT2D eigenvalue weighted by molar-refractivity contribution is -0.0179. The molecular formula is C27H52F2. The van der Waals surface area contributed by atoms with E-state index >= 15 is 0 Å². The van der Waals surface area contributed by atoms with E-state index in [1.807, 2.05) is 13.0 Å². The van der Waals surface area contributed by atoms with Crippen molar-refractivity contribution in [2.24, 2.45) is 11.8 Å². The van der Waals surface area contributed by atoms with Gasteiger partial charge >= 0.3 is 0 Å². The summed E-state index contributed by atoms with van der Waals surface area (Å²) in [6, 6.07) is 0. The molecule has 0 rings (SSSR count). The van der Waals surface area contributed by atoms with Gasteiger partial charge in [0.2, 0.25) is 0 Å². The summed E-state index contributed by atoms with van der Waals surface area (Å²) in [7, 11) is 0. The zero-order chi connectivity index (χ0) is 21.8. The molecular weight excluding hydrogens is 362 g/mol. The Balaban J connectivity index is 4.63. The van der Waals surface area contributed by atoms with E-state index in [0.29, 0.717) is 18.8 Å². The molecule has 174 valence electrons. The van der Waals surface area contributed by atoms with Gasteiger partial charge in [0.15, 0.2) is 0 Å². The number of allylic oxidation sites excluding steroid dienone is 2. The van der Waals surface area contributed by atoms with Gasteiger partial charge in [-0.2, -0.15) is 0 Å². The summed E-state index contributed by atoms with van der Waals surface area (Å²) in [6.45, 7) is 8.67. The molecule has 0 aliphatic rings. The van der Waals surface area contributed by atoms with Gasteiger partial charge in [0.05, 0.1) is 0 Å². The SMILES string of the molecule is CCCCCCC(C/C=C/C(F)(F)C(CCC)CCCCCC)CCCCCC. The molecule has 0 nitrogen and oxygen atoms in total. The molecule has 1 atom stereocenters. The molecule has 0 bridgehead atoms. The first kappa shape index (κ1) is 28.6. The van der Waals surface area contributed by atoms with Crippen LogP contribution in [-0.2, 0) is 0 Å². The van der Waals surface area contributed by atoms with E-state index in [4.69, 9.17) is 0 Å². The van der Waals surface area contributed by atoms with Crippen LogP contribution in [0.15, 0.2) is 12.2 Å². The molecule has 0 aliphatic carbocycles. The molecule has 0 radical (unpaired) electrons. The van der Waals surface area contributed by atoms with Gasteiger partial charge in [0.25, 0.3) is 5.92 Å². The van der Waals surface area contributed by atoms with Gasteiger partial charge in [-0.3, -0.25) is 0 Å². The zero-order valence-corrected chi connectivity index (χ0v) is 20.3. The van der Waals surface area contributed by atoms with Crippen LogP contribution in [0.25, 0.3) is 0 Å². The summed E-state index contributed by atoms with van der Waals surface area (Å²) in [5, 5.41) is 0. The molecule has 0 amide bonds. The molecule has 0 aromatic carbocycles. The smallest absolute Gasteiger partial charge is 0.202 e. The van der Waals surface area contributed by atoms with Crippen LogP contribution in [0.5, 0.6) is 0 Å². The van der Waals surface area contributed by atoms with Crippen molar-refractivity contribution in [3.8, 4) is 0 Å². The molecule has 1 unspecified atom stereocenters. The molecule has 2 heteroatoms. The van der Waals surface area contributed by atoms with Crippen molar-refractivity contribution in [3.63, 3.8) is 0 Å². The van der Waals surface area contributed by atoms with E-state index in [1.165, 1.54) is 70.3 Å². The van der Waals surface area contributed by atoms with Crippen molar-refractivity contribution >= 4 is 0 Å². The predicted molar refractivity (Wildman–Crippen MR) is 127 cm³/mol. The highest BCUT2D eigenvalue weighted by atomic mass is 19.3. The lowest BCUT2D eigenvalue weighted by Crippen LogP contribution is -2.26. The number of alkyl halides is 2. The van der Waals surface area contributed by atoms with Crippen LogP contribution in [0, 0.1) is 11.8 Å². The molecule has 0 spiro atoms. The van der Waals surface area contributed by atoms with Crippen molar-refractivity contribution in [3.05, 3.63) is 12.2 Å². The maximum absolute atomic E-state index is 14.9. The second kappa shape index (κ2) is 19.6. The summed E-state index contributed by atoms with van der Waals surface area (Å²) in [4.78, 5) is 0. The molecule has 0 aromatic heterocycles. The van der Waals surface area contributed by atoms with Gasteiger partial charge in [0, 0.05) is 5.92 Å². The minimum atomic E-state index is -2.64. The standard InChI is InChI=1S/C27H52F2/c1-5-9-12-15-20-25(21-16-13-10-6-2)22-18-24-27(28,29)26(19-8-4)23-17-14-11-7-3/h18,24-26H,5-17,19-23H2,1-4H3/b24-18+. The lowest BCUT2D eigenvalue weighted by atomic mass is 9.88. The van der Waals surface area contributed by atoms with Gasteiger partial charge in [0.1, 0.15) is 0 Å². The maximum atomic E-state index is 14.9. The van der Waals surface area contributed by atoms with Gasteiger partial charge in [-0.05, 0) is 31.3 Å². The fraction of sp³-hybridized carbons (Fsp3) is 0.926. The van der Waals surface area contributed by atoms with Crippen molar-refractivity contribution in [2.75, 3.05) is 0 Å². The Morgan fingerprint density at radius 3 is 1.52 bits per heavy atom. The number of halogens is 2. The molecule has 29 heavy (non-hydrogen) atoms. The Morgan fingerprint density at radius 1 is 0.586 bits per heavy atom. The first-order chi connectivity index (χ1) is 14.0. The molecule has 0 N–H and O–H groups in total. The van der Waals surface area contributed by atoms with Crippen LogP contribution in [0.2, 0.25) is 0 Å². The van der Waals surface area contributed by atoms with E-state index < -0.39 is 11.8 Å². The lowest BCUT2D eigenvalue weighted by Gasteiger charge is -2.24. The van der Waals surface area contributed by atoms with Crippen molar-refractivity contribution in [1.82, 2.24) is 0 Å². The monoisotopic (exact) mass is 414 g/mol. The first-order valence-electron chi connectivity index (χ1n) is 13.1. The Morgan fingerprint density at radius 2 is 1.07 bits per heavy atom. The average molecular weight is 415 g/mol. The van der Waals surface area contributed by atoms with E-state index in [9.17, 15) is 8.78 Å². The zero-order valence-electron chi connectivity index (χ0n) is 20.3. The van der Waals surface area contributed by atoms with Crippen molar-refractivity contribution < 1.29 is 8.78 Å². The minimum Gasteiger partial charge on any atom is -0.202 e. The summed E-state index contributed by atoms with van der Waals surface area (Å²) in [5.74, 6) is -2.53. The molecule has 0 heterocycles. The third-order valence-electron chi connectivity index (χ3n) is 6.33. The Bertz CT molecular complexity index is 350. The van der Waals surface area contributed by atoms with Crippen LogP contribution in [-0.4, -0.2) is 5.92 Å². The van der Waals surface area contributed by atoms with E-state index in [1.54, 1.807) is 0 Å². The third kappa shape index (κ3) is 16.0. The average Bonchev–Trinajstić information content (AvgIpc) is 2.70. The molecule has 0 aliphatic heterocycles. The second-order valence-corrected chi connectivity index (χ2v) is 9.21. The Kier molecular flexibility index (Phi) is 19.3. The predicted octanol–water partition coefficient (Wildman–Crippen LogP) is 10.5. The number of hydrogen-bond acceptors (Lipinski definition) is 0. The van der Waals surface area contributed by atoms with Crippen LogP contribution >= 0.6 is 0 Å². The van der Waals surface area contributed by atoms with Crippen molar-refractivity contribution in [2.45, 2.75) is 149 Å². The summed E-state index contributed by atoms with van der Waals surface area (Å²) in [5.41, 5.74) is 0. The normalized spacial score (nSPS) is 13.6. The van der Waals surface area contributed by atoms with Crippen LogP contribution in [0.3, 0.4) is 0 Å². The topological polar surface area (TPSA) is 0 Å². The van der Waals surface area contributed by atoms with Crippen LogP contribution in [0.4, 0.5) is 8.78 Å². The molecule has 0 saturated heterocycles. The van der Waals surface area contributed by atoms with E-state index in [2.05, 4.69) is 20.8 Å². The van der Waals surface area contributed by atoms with Crippen molar-refractivity contribution in [1.29, 1.82) is 0 Å². The fourth-order valence-electron chi connectivity index (χ4n) is 4.35. The van der Waals surface area contributed by atoms with Gasteiger partial charge < -0.3 is 0 Å². The fourth-order valence-corrected chi connectivity index (χ4v) is 4.35. The Hall–Kier alpha value is -0.400. The first-order valence-corrected chi connectivity index (χ1v) is 13.1. The third-order valence-corrected chi connectivity index (χ3v) is 6.33. The summed E-state index contributed by atoms with van der Waals surface area (Å²) >= 11 is 0. The highest BCUT2D eigenvalue weighted by Crippen LogP contribution is 2.34. The number of rotatable bonds is 21. The molecule has 0 aromatic rings. The summed E-state index contributed by atoms with van der Waals surface area (Å²) < 4.78 is 29.7. The Labute approximate surface area is 182 Å². The van der Waals surface area contributed by atoms with Gasteiger partial charge in [-0.15, -0.1) is 0 Å². The second-order valence-electron chi connectivity index (χ2n) is 9.21. The van der Waals surface area contributed by atoms with Gasteiger partial charge in [-0.25, -0.2) is 8.78 Å². The quantitative estimate of drug-likeness (QED) is 0.129. The maximum Gasteiger partial charge on any atom is 0.269 e. The highest BCUT2D eigenvalue weighted by Gasteiger charge is 2.35. The number of unbranched alkanes of at least 4 members (excludes halogenated alkanes) is 9. The van der Waals surface area contributed by atoms with E-state index in [0.717, 1.165) is 38.5 Å². The number of hydrogen-bond donors (Lipinski definition) is 0.